The lowest BCUT2D eigenvalue weighted by atomic mass is 10.1. The van der Waals surface area contributed by atoms with Gasteiger partial charge >= 0.3 is 0 Å². The first-order chi connectivity index (χ1) is 12.2. The van der Waals surface area contributed by atoms with Crippen LogP contribution in [-0.4, -0.2) is 23.8 Å². The van der Waals surface area contributed by atoms with Crippen molar-refractivity contribution >= 4 is 34.1 Å². The zero-order valence-corrected chi connectivity index (χ0v) is 15.6. The predicted molar refractivity (Wildman–Crippen MR) is 105 cm³/mol. The molecule has 25 heavy (non-hydrogen) atoms. The molecule has 3 rings (SSSR count). The number of benzene rings is 2. The number of nitrogens with zero attached hydrogens (tertiary/aromatic N) is 1. The Bertz CT molecular complexity index is 863. The number of hydrogen-bond acceptors (Lipinski definition) is 5. The first-order valence-corrected chi connectivity index (χ1v) is 9.60. The van der Waals surface area contributed by atoms with E-state index in [1.54, 1.807) is 7.11 Å². The lowest BCUT2D eigenvalue weighted by Crippen LogP contribution is -2.13. The van der Waals surface area contributed by atoms with Gasteiger partial charge in [0.05, 0.1) is 18.6 Å². The molecule has 1 amide bonds. The van der Waals surface area contributed by atoms with Crippen LogP contribution in [-0.2, 0) is 4.79 Å². The van der Waals surface area contributed by atoms with E-state index in [0.29, 0.717) is 10.9 Å². The van der Waals surface area contributed by atoms with Crippen LogP contribution >= 0.6 is 23.1 Å². The van der Waals surface area contributed by atoms with Crippen LogP contribution in [0, 0.1) is 6.92 Å². The Kier molecular flexibility index (Phi) is 5.73. The summed E-state index contributed by atoms with van der Waals surface area (Å²) in [5.41, 5.74) is 2.91. The van der Waals surface area contributed by atoms with Crippen LogP contribution in [0.3, 0.4) is 0 Å². The van der Waals surface area contributed by atoms with Crippen molar-refractivity contribution in [2.75, 3.05) is 18.2 Å². The topological polar surface area (TPSA) is 51.2 Å². The summed E-state index contributed by atoms with van der Waals surface area (Å²) in [6.07, 6.45) is 0. The smallest absolute Gasteiger partial charge is 0.236 e. The molecule has 0 aliphatic heterocycles. The van der Waals surface area contributed by atoms with Gasteiger partial charge in [0, 0.05) is 15.8 Å². The van der Waals surface area contributed by atoms with Gasteiger partial charge in [-0.25, -0.2) is 4.98 Å². The van der Waals surface area contributed by atoms with Gasteiger partial charge < -0.3 is 10.1 Å². The van der Waals surface area contributed by atoms with Crippen molar-refractivity contribution in [2.24, 2.45) is 0 Å². The van der Waals surface area contributed by atoms with Crippen LogP contribution in [0.15, 0.2) is 58.8 Å². The maximum atomic E-state index is 12.1. The quantitative estimate of drug-likeness (QED) is 0.630. The zero-order chi connectivity index (χ0) is 17.6. The van der Waals surface area contributed by atoms with E-state index in [0.717, 1.165) is 27.5 Å². The maximum absolute atomic E-state index is 12.1. The van der Waals surface area contributed by atoms with Crippen LogP contribution in [0.4, 0.5) is 5.13 Å². The molecule has 1 heterocycles. The first-order valence-electron chi connectivity index (χ1n) is 7.74. The summed E-state index contributed by atoms with van der Waals surface area (Å²) >= 11 is 2.93. The molecule has 6 heteroatoms. The van der Waals surface area contributed by atoms with E-state index in [2.05, 4.69) is 10.3 Å². The number of ether oxygens (including phenoxy) is 1. The van der Waals surface area contributed by atoms with Crippen molar-refractivity contribution in [3.8, 4) is 17.0 Å². The number of methoxy groups -OCH3 is 1. The lowest BCUT2D eigenvalue weighted by molar-refractivity contribution is -0.113. The summed E-state index contributed by atoms with van der Waals surface area (Å²) in [6, 6.07) is 15.8. The molecule has 0 spiro atoms. The molecule has 0 aliphatic carbocycles. The summed E-state index contributed by atoms with van der Waals surface area (Å²) in [5, 5.41) is 5.42. The highest BCUT2D eigenvalue weighted by Gasteiger charge is 2.10. The maximum Gasteiger partial charge on any atom is 0.236 e. The fraction of sp³-hybridized carbons (Fsp3) is 0.158. The third-order valence-electron chi connectivity index (χ3n) is 3.55. The molecular formula is C19H18N2O2S2. The van der Waals surface area contributed by atoms with E-state index in [-0.39, 0.29) is 5.91 Å². The Morgan fingerprint density at radius 1 is 1.24 bits per heavy atom. The number of thiazole rings is 1. The number of amides is 1. The molecule has 1 N–H and O–H groups in total. The van der Waals surface area contributed by atoms with Crippen LogP contribution < -0.4 is 10.1 Å². The van der Waals surface area contributed by atoms with Gasteiger partial charge in [0.1, 0.15) is 5.75 Å². The van der Waals surface area contributed by atoms with Crippen LogP contribution in [0.25, 0.3) is 11.3 Å². The van der Waals surface area contributed by atoms with E-state index in [4.69, 9.17) is 4.74 Å². The molecule has 3 aromatic rings. The van der Waals surface area contributed by atoms with Gasteiger partial charge in [0.2, 0.25) is 5.91 Å². The monoisotopic (exact) mass is 370 g/mol. The molecule has 0 aliphatic rings. The van der Waals surface area contributed by atoms with Gasteiger partial charge in [-0.05, 0) is 42.8 Å². The second-order valence-electron chi connectivity index (χ2n) is 5.37. The highest BCUT2D eigenvalue weighted by Crippen LogP contribution is 2.29. The van der Waals surface area contributed by atoms with Crippen molar-refractivity contribution in [2.45, 2.75) is 11.8 Å². The molecule has 128 valence electrons. The molecule has 0 saturated heterocycles. The predicted octanol–water partition coefficient (Wildman–Crippen LogP) is 4.86. The SMILES string of the molecule is COc1ccc(-c2csc(NC(=O)CSc3ccccc3)n2)cc1C. The molecule has 0 fully saturated rings. The lowest BCUT2D eigenvalue weighted by Gasteiger charge is -2.05. The molecule has 0 unspecified atom stereocenters. The second-order valence-corrected chi connectivity index (χ2v) is 7.28. The van der Waals surface area contributed by atoms with E-state index >= 15 is 0 Å². The summed E-state index contributed by atoms with van der Waals surface area (Å²) in [5.74, 6) is 1.16. The summed E-state index contributed by atoms with van der Waals surface area (Å²) in [6.45, 7) is 2.00. The normalized spacial score (nSPS) is 10.5. The number of thioether (sulfide) groups is 1. The number of aromatic nitrogens is 1. The highest BCUT2D eigenvalue weighted by molar-refractivity contribution is 8.00. The first kappa shape index (κ1) is 17.5. The molecule has 0 atom stereocenters. The van der Waals surface area contributed by atoms with Gasteiger partial charge in [0.25, 0.3) is 0 Å². The number of aryl methyl sites for hydroxylation is 1. The molecular weight excluding hydrogens is 352 g/mol. The van der Waals surface area contributed by atoms with E-state index < -0.39 is 0 Å². The molecule has 0 bridgehead atoms. The minimum Gasteiger partial charge on any atom is -0.496 e. The van der Waals surface area contributed by atoms with Gasteiger partial charge in [0.15, 0.2) is 5.13 Å². The Labute approximate surface area is 155 Å². The Morgan fingerprint density at radius 3 is 2.76 bits per heavy atom. The van der Waals surface area contributed by atoms with E-state index in [9.17, 15) is 4.79 Å². The number of hydrogen-bond donors (Lipinski definition) is 1. The average molecular weight is 370 g/mol. The van der Waals surface area contributed by atoms with Gasteiger partial charge in [-0.3, -0.25) is 4.79 Å². The minimum absolute atomic E-state index is 0.0549. The highest BCUT2D eigenvalue weighted by atomic mass is 32.2. The number of carbonyl (C=O) groups is 1. The Balaban J connectivity index is 1.61. The van der Waals surface area contributed by atoms with Crippen molar-refractivity contribution < 1.29 is 9.53 Å². The molecule has 0 radical (unpaired) electrons. The molecule has 0 saturated carbocycles. The molecule has 2 aromatic carbocycles. The number of anilines is 1. The number of carbonyl (C=O) groups excluding carboxylic acids is 1. The van der Waals surface area contributed by atoms with Gasteiger partial charge in [-0.2, -0.15) is 0 Å². The van der Waals surface area contributed by atoms with Crippen molar-refractivity contribution in [3.05, 3.63) is 59.5 Å². The summed E-state index contributed by atoms with van der Waals surface area (Å²) in [7, 11) is 1.66. The van der Waals surface area contributed by atoms with E-state index in [1.165, 1.54) is 23.1 Å². The standard InChI is InChI=1S/C19H18N2O2S2/c1-13-10-14(8-9-17(13)23-2)16-11-25-19(20-16)21-18(22)12-24-15-6-4-3-5-7-15/h3-11H,12H2,1-2H3,(H,20,21,22). The van der Waals surface area contributed by atoms with Crippen molar-refractivity contribution in [3.63, 3.8) is 0 Å². The van der Waals surface area contributed by atoms with Gasteiger partial charge in [-0.15, -0.1) is 23.1 Å². The minimum atomic E-state index is -0.0549. The fourth-order valence-corrected chi connectivity index (χ4v) is 3.78. The Morgan fingerprint density at radius 2 is 2.04 bits per heavy atom. The zero-order valence-electron chi connectivity index (χ0n) is 14.0. The van der Waals surface area contributed by atoms with Gasteiger partial charge in [-0.1, -0.05) is 18.2 Å². The van der Waals surface area contributed by atoms with Crippen LogP contribution in [0.1, 0.15) is 5.56 Å². The van der Waals surface area contributed by atoms with E-state index in [1.807, 2.05) is 60.8 Å². The van der Waals surface area contributed by atoms with Crippen LogP contribution in [0.2, 0.25) is 0 Å². The average Bonchev–Trinajstić information content (AvgIpc) is 3.09. The third-order valence-corrected chi connectivity index (χ3v) is 5.32. The van der Waals surface area contributed by atoms with Crippen LogP contribution in [0.5, 0.6) is 5.75 Å². The number of rotatable bonds is 6. The second kappa shape index (κ2) is 8.18. The fourth-order valence-electron chi connectivity index (χ4n) is 2.32. The third kappa shape index (κ3) is 4.61. The van der Waals surface area contributed by atoms with Crippen molar-refractivity contribution in [1.82, 2.24) is 4.98 Å². The largest absolute Gasteiger partial charge is 0.496 e. The number of nitrogens with one attached hydrogen (secondary N) is 1. The molecule has 1 aromatic heterocycles. The van der Waals surface area contributed by atoms with Crippen molar-refractivity contribution in [1.29, 1.82) is 0 Å². The Hall–Kier alpha value is -2.31. The summed E-state index contributed by atoms with van der Waals surface area (Å²) in [4.78, 5) is 17.7. The molecule has 4 nitrogen and oxygen atoms in total. The summed E-state index contributed by atoms with van der Waals surface area (Å²) < 4.78 is 5.28.